The summed E-state index contributed by atoms with van der Waals surface area (Å²) in [5.74, 6) is 0.373. The van der Waals surface area contributed by atoms with E-state index in [1.807, 2.05) is 6.92 Å². The summed E-state index contributed by atoms with van der Waals surface area (Å²) in [6, 6.07) is 11.0. The molecule has 3 rings (SSSR count). The zero-order valence-corrected chi connectivity index (χ0v) is 17.8. The molecule has 0 bridgehead atoms. The largest absolute Gasteiger partial charge is 0.298 e. The maximum absolute atomic E-state index is 13.2. The van der Waals surface area contributed by atoms with Gasteiger partial charge in [0.25, 0.3) is 5.56 Å². The number of fused-ring (bicyclic) bond motifs is 1. The Hall–Kier alpha value is -2.22. The van der Waals surface area contributed by atoms with E-state index in [0.29, 0.717) is 21.7 Å². The Balaban J connectivity index is 2.12. The summed E-state index contributed by atoms with van der Waals surface area (Å²) in [4.78, 5) is 17.5. The molecule has 6 nitrogen and oxygen atoms in total. The summed E-state index contributed by atoms with van der Waals surface area (Å²) in [5, 5.41) is 0.847. The van der Waals surface area contributed by atoms with Crippen LogP contribution >= 0.6 is 11.6 Å². The number of rotatable bonds is 5. The first-order valence-corrected chi connectivity index (χ1v) is 10.7. The molecule has 28 heavy (non-hydrogen) atoms. The maximum Gasteiger partial charge on any atom is 0.261 e. The van der Waals surface area contributed by atoms with Crippen LogP contribution in [0.1, 0.15) is 31.3 Å². The quantitative estimate of drug-likeness (QED) is 0.632. The van der Waals surface area contributed by atoms with Gasteiger partial charge in [-0.3, -0.25) is 9.36 Å². The first-order chi connectivity index (χ1) is 13.2. The van der Waals surface area contributed by atoms with Crippen molar-refractivity contribution in [2.24, 2.45) is 7.05 Å². The zero-order chi connectivity index (χ0) is 20.6. The smallest absolute Gasteiger partial charge is 0.261 e. The van der Waals surface area contributed by atoms with Gasteiger partial charge in [0.15, 0.2) is 0 Å². The fraction of sp³-hybridized carbons (Fsp3) is 0.300. The number of sulfonamides is 1. The van der Waals surface area contributed by atoms with Crippen molar-refractivity contribution >= 4 is 32.5 Å². The number of aryl methyl sites for hydroxylation is 1. The number of hydrogen-bond acceptors (Lipinski definition) is 4. The fourth-order valence-corrected chi connectivity index (χ4v) is 5.03. The highest BCUT2D eigenvalue weighted by molar-refractivity contribution is 7.89. The van der Waals surface area contributed by atoms with Gasteiger partial charge in [-0.25, -0.2) is 13.4 Å². The van der Waals surface area contributed by atoms with E-state index in [-0.39, 0.29) is 17.0 Å². The molecule has 2 aromatic carbocycles. The summed E-state index contributed by atoms with van der Waals surface area (Å²) in [7, 11) is -2.16. The number of benzene rings is 2. The highest BCUT2D eigenvalue weighted by Gasteiger charge is 2.31. The third kappa shape index (κ3) is 3.57. The molecule has 0 saturated heterocycles. The van der Waals surface area contributed by atoms with Gasteiger partial charge in [0.05, 0.1) is 21.8 Å². The SMILES string of the molecule is CCN(C(C)c1nc2ccc(Cl)cc2c(=O)n1C)S(=O)(=O)c1ccc(C)cc1. The van der Waals surface area contributed by atoms with E-state index in [1.54, 1.807) is 63.4 Å². The Morgan fingerprint density at radius 3 is 2.43 bits per heavy atom. The maximum atomic E-state index is 13.2. The molecule has 8 heteroatoms. The predicted molar refractivity (Wildman–Crippen MR) is 111 cm³/mol. The molecule has 0 N–H and O–H groups in total. The second-order valence-electron chi connectivity index (χ2n) is 6.69. The number of nitrogens with zero attached hydrogens (tertiary/aromatic N) is 3. The van der Waals surface area contributed by atoms with Gasteiger partial charge in [-0.1, -0.05) is 36.2 Å². The molecule has 0 aliphatic rings. The topological polar surface area (TPSA) is 72.3 Å². The number of aromatic nitrogens is 2. The van der Waals surface area contributed by atoms with E-state index in [0.717, 1.165) is 5.56 Å². The lowest BCUT2D eigenvalue weighted by Gasteiger charge is -2.28. The Morgan fingerprint density at radius 1 is 1.18 bits per heavy atom. The van der Waals surface area contributed by atoms with Gasteiger partial charge in [0, 0.05) is 18.6 Å². The minimum absolute atomic E-state index is 0.212. The molecule has 1 heterocycles. The van der Waals surface area contributed by atoms with Gasteiger partial charge in [-0.15, -0.1) is 0 Å². The van der Waals surface area contributed by atoms with Crippen molar-refractivity contribution in [2.45, 2.75) is 31.7 Å². The molecule has 1 atom stereocenters. The minimum atomic E-state index is -3.75. The van der Waals surface area contributed by atoms with Crippen LogP contribution in [0.5, 0.6) is 0 Å². The van der Waals surface area contributed by atoms with Crippen molar-refractivity contribution in [3.63, 3.8) is 0 Å². The highest BCUT2D eigenvalue weighted by Crippen LogP contribution is 2.27. The molecule has 0 aliphatic heterocycles. The first-order valence-electron chi connectivity index (χ1n) is 8.91. The lowest BCUT2D eigenvalue weighted by molar-refractivity contribution is 0.337. The molecule has 0 spiro atoms. The van der Waals surface area contributed by atoms with E-state index in [2.05, 4.69) is 4.98 Å². The van der Waals surface area contributed by atoms with Crippen LogP contribution in [0.15, 0.2) is 52.2 Å². The predicted octanol–water partition coefficient (Wildman–Crippen LogP) is 3.67. The van der Waals surface area contributed by atoms with Crippen molar-refractivity contribution in [3.05, 3.63) is 69.2 Å². The molecule has 1 aromatic heterocycles. The number of halogens is 1. The molecule has 0 amide bonds. The molecular formula is C20H22ClN3O3S. The van der Waals surface area contributed by atoms with Gasteiger partial charge >= 0.3 is 0 Å². The Morgan fingerprint density at radius 2 is 1.82 bits per heavy atom. The molecule has 0 radical (unpaired) electrons. The van der Waals surface area contributed by atoms with Crippen molar-refractivity contribution in [3.8, 4) is 0 Å². The Labute approximate surface area is 169 Å². The molecule has 0 saturated carbocycles. The lowest BCUT2D eigenvalue weighted by Crippen LogP contribution is -2.37. The minimum Gasteiger partial charge on any atom is -0.298 e. The van der Waals surface area contributed by atoms with Crippen LogP contribution in [0.3, 0.4) is 0 Å². The third-order valence-electron chi connectivity index (χ3n) is 4.82. The second-order valence-corrected chi connectivity index (χ2v) is 9.02. The van der Waals surface area contributed by atoms with Crippen molar-refractivity contribution in [1.29, 1.82) is 0 Å². The lowest BCUT2D eigenvalue weighted by atomic mass is 10.2. The Kier molecular flexibility index (Phi) is 5.61. The summed E-state index contributed by atoms with van der Waals surface area (Å²) in [6.45, 7) is 5.64. The first kappa shape index (κ1) is 20.5. The van der Waals surface area contributed by atoms with Crippen LogP contribution in [0.25, 0.3) is 10.9 Å². The summed E-state index contributed by atoms with van der Waals surface area (Å²) < 4.78 is 29.1. The van der Waals surface area contributed by atoms with Crippen LogP contribution < -0.4 is 5.56 Å². The van der Waals surface area contributed by atoms with Gasteiger partial charge in [-0.2, -0.15) is 4.31 Å². The van der Waals surface area contributed by atoms with Crippen LogP contribution in [-0.2, 0) is 17.1 Å². The van der Waals surface area contributed by atoms with Crippen molar-refractivity contribution < 1.29 is 8.42 Å². The highest BCUT2D eigenvalue weighted by atomic mass is 35.5. The molecule has 0 fully saturated rings. The second kappa shape index (κ2) is 7.66. The van der Waals surface area contributed by atoms with Crippen molar-refractivity contribution in [1.82, 2.24) is 13.9 Å². The molecule has 0 aliphatic carbocycles. The van der Waals surface area contributed by atoms with Gasteiger partial charge in [0.2, 0.25) is 10.0 Å². The third-order valence-corrected chi connectivity index (χ3v) is 7.11. The zero-order valence-electron chi connectivity index (χ0n) is 16.2. The fourth-order valence-electron chi connectivity index (χ4n) is 3.26. The van der Waals surface area contributed by atoms with E-state index in [9.17, 15) is 13.2 Å². The average molecular weight is 420 g/mol. The van der Waals surface area contributed by atoms with Gasteiger partial charge < -0.3 is 0 Å². The average Bonchev–Trinajstić information content (AvgIpc) is 2.65. The number of hydrogen-bond donors (Lipinski definition) is 0. The van der Waals surface area contributed by atoms with Crippen LogP contribution in [0, 0.1) is 6.92 Å². The van der Waals surface area contributed by atoms with E-state index in [1.165, 1.54) is 8.87 Å². The molecule has 148 valence electrons. The van der Waals surface area contributed by atoms with Crippen LogP contribution in [0.4, 0.5) is 0 Å². The van der Waals surface area contributed by atoms with Gasteiger partial charge in [0.1, 0.15) is 5.82 Å². The van der Waals surface area contributed by atoms with Crippen LogP contribution in [0.2, 0.25) is 5.02 Å². The standard InChI is InChI=1S/C20H22ClN3O3S/c1-5-24(28(26,27)16-9-6-13(2)7-10-16)14(3)19-22-18-11-8-15(21)12-17(18)20(25)23(19)4/h6-12,14H,5H2,1-4H3. The van der Waals surface area contributed by atoms with E-state index >= 15 is 0 Å². The van der Waals surface area contributed by atoms with Crippen molar-refractivity contribution in [2.75, 3.05) is 6.54 Å². The summed E-state index contributed by atoms with van der Waals surface area (Å²) in [5.41, 5.74) is 1.20. The Bertz CT molecular complexity index is 1190. The molecular weight excluding hydrogens is 398 g/mol. The van der Waals surface area contributed by atoms with Crippen LogP contribution in [-0.4, -0.2) is 28.8 Å². The molecule has 3 aromatic rings. The van der Waals surface area contributed by atoms with E-state index < -0.39 is 16.1 Å². The summed E-state index contributed by atoms with van der Waals surface area (Å²) >= 11 is 5.99. The van der Waals surface area contributed by atoms with Gasteiger partial charge in [-0.05, 0) is 44.2 Å². The van der Waals surface area contributed by atoms with E-state index in [4.69, 9.17) is 11.6 Å². The monoisotopic (exact) mass is 419 g/mol. The summed E-state index contributed by atoms with van der Waals surface area (Å²) in [6.07, 6.45) is 0. The normalized spacial score (nSPS) is 13.2. The molecule has 1 unspecified atom stereocenters.